The minimum atomic E-state index is -0.251. The van der Waals surface area contributed by atoms with Gasteiger partial charge in [-0.3, -0.25) is 0 Å². The average Bonchev–Trinajstić information content (AvgIpc) is 2.67. The summed E-state index contributed by atoms with van der Waals surface area (Å²) in [6.45, 7) is 0.396. The van der Waals surface area contributed by atoms with Crippen molar-refractivity contribution in [1.29, 1.82) is 0 Å². The Hall–Kier alpha value is -1.68. The number of hydrogen-bond acceptors (Lipinski definition) is 2. The van der Waals surface area contributed by atoms with Gasteiger partial charge in [0.1, 0.15) is 5.82 Å². The van der Waals surface area contributed by atoms with Gasteiger partial charge in [0.2, 0.25) is 0 Å². The van der Waals surface area contributed by atoms with E-state index >= 15 is 0 Å². The Morgan fingerprint density at radius 2 is 2.00 bits per heavy atom. The first kappa shape index (κ1) is 8.90. The van der Waals surface area contributed by atoms with Gasteiger partial charge >= 0.3 is 0 Å². The van der Waals surface area contributed by atoms with Gasteiger partial charge in [-0.15, -0.1) is 0 Å². The van der Waals surface area contributed by atoms with Crippen LogP contribution in [0.4, 0.5) is 4.39 Å². The fraction of sp³-hybridized carbons (Fsp3) is 0.100. The summed E-state index contributed by atoms with van der Waals surface area (Å²) < 4.78 is 12.7. The molecule has 2 rings (SSSR count). The smallest absolute Gasteiger partial charge is 0.123 e. The second-order valence-electron chi connectivity index (χ2n) is 2.94. The molecule has 0 atom stereocenters. The van der Waals surface area contributed by atoms with Gasteiger partial charge in [0, 0.05) is 12.1 Å². The molecule has 14 heavy (non-hydrogen) atoms. The third kappa shape index (κ3) is 1.52. The summed E-state index contributed by atoms with van der Waals surface area (Å²) in [4.78, 5) is 7.07. The molecule has 4 heteroatoms. The maximum Gasteiger partial charge on any atom is 0.123 e. The van der Waals surface area contributed by atoms with Gasteiger partial charge in [-0.1, -0.05) is 0 Å². The molecule has 0 amide bonds. The van der Waals surface area contributed by atoms with Crippen LogP contribution in [0.15, 0.2) is 30.6 Å². The van der Waals surface area contributed by atoms with Crippen molar-refractivity contribution in [3.8, 4) is 11.3 Å². The maximum absolute atomic E-state index is 12.7. The quantitative estimate of drug-likeness (QED) is 0.758. The Labute approximate surface area is 80.8 Å². The zero-order valence-corrected chi connectivity index (χ0v) is 7.50. The lowest BCUT2D eigenvalue weighted by Gasteiger charge is -1.99. The number of aromatic nitrogens is 2. The molecule has 1 heterocycles. The molecule has 0 saturated heterocycles. The Kier molecular flexibility index (Phi) is 2.28. The summed E-state index contributed by atoms with van der Waals surface area (Å²) >= 11 is 0. The van der Waals surface area contributed by atoms with Crippen molar-refractivity contribution >= 4 is 0 Å². The molecule has 0 spiro atoms. The van der Waals surface area contributed by atoms with Gasteiger partial charge in [-0.05, 0) is 24.3 Å². The second kappa shape index (κ2) is 3.59. The largest absolute Gasteiger partial charge is 0.347 e. The maximum atomic E-state index is 12.7. The highest BCUT2D eigenvalue weighted by Crippen LogP contribution is 2.19. The summed E-state index contributed by atoms with van der Waals surface area (Å²) in [5.74, 6) is -0.251. The number of rotatable bonds is 2. The van der Waals surface area contributed by atoms with Gasteiger partial charge in [0.15, 0.2) is 0 Å². The van der Waals surface area contributed by atoms with Crippen LogP contribution in [0, 0.1) is 5.82 Å². The minimum absolute atomic E-state index is 0.251. The van der Waals surface area contributed by atoms with E-state index in [-0.39, 0.29) is 5.82 Å². The number of aromatic amines is 1. The molecule has 72 valence electrons. The first-order valence-corrected chi connectivity index (χ1v) is 4.29. The van der Waals surface area contributed by atoms with Gasteiger partial charge in [-0.25, -0.2) is 9.37 Å². The van der Waals surface area contributed by atoms with E-state index in [2.05, 4.69) is 9.97 Å². The number of hydrogen-bond donors (Lipinski definition) is 2. The molecule has 0 radical (unpaired) electrons. The zero-order chi connectivity index (χ0) is 9.97. The molecule has 0 unspecified atom stereocenters. The minimum Gasteiger partial charge on any atom is -0.347 e. The first-order valence-electron chi connectivity index (χ1n) is 4.29. The van der Waals surface area contributed by atoms with E-state index in [9.17, 15) is 4.39 Å². The van der Waals surface area contributed by atoms with Crippen molar-refractivity contribution in [3.63, 3.8) is 0 Å². The number of imidazole rings is 1. The topological polar surface area (TPSA) is 54.7 Å². The molecular weight excluding hydrogens is 181 g/mol. The van der Waals surface area contributed by atoms with E-state index in [1.165, 1.54) is 12.1 Å². The molecule has 0 aliphatic carbocycles. The Bertz CT molecular complexity index is 419. The predicted molar refractivity (Wildman–Crippen MR) is 51.9 cm³/mol. The van der Waals surface area contributed by atoms with Gasteiger partial charge in [0.05, 0.1) is 17.7 Å². The number of H-pyrrole nitrogens is 1. The second-order valence-corrected chi connectivity index (χ2v) is 2.94. The van der Waals surface area contributed by atoms with Gasteiger partial charge < -0.3 is 10.7 Å². The van der Waals surface area contributed by atoms with Gasteiger partial charge in [0.25, 0.3) is 0 Å². The van der Waals surface area contributed by atoms with E-state index in [1.54, 1.807) is 18.5 Å². The highest BCUT2D eigenvalue weighted by Gasteiger charge is 2.05. The number of nitrogens with one attached hydrogen (secondary N) is 1. The summed E-state index contributed by atoms with van der Waals surface area (Å²) in [5.41, 5.74) is 8.03. The fourth-order valence-corrected chi connectivity index (χ4v) is 1.33. The average molecular weight is 191 g/mol. The number of nitrogens with zero attached hydrogens (tertiary/aromatic N) is 1. The van der Waals surface area contributed by atoms with Crippen molar-refractivity contribution in [2.75, 3.05) is 0 Å². The van der Waals surface area contributed by atoms with Crippen molar-refractivity contribution in [2.45, 2.75) is 6.54 Å². The normalized spacial score (nSPS) is 10.4. The standard InChI is InChI=1S/C10H10FN3/c11-8-3-1-7(2-4-8)10-9(5-12)13-6-14-10/h1-4,6H,5,12H2,(H,13,14). The van der Waals surface area contributed by atoms with Crippen molar-refractivity contribution in [3.05, 3.63) is 42.1 Å². The highest BCUT2D eigenvalue weighted by molar-refractivity contribution is 5.61. The Balaban J connectivity index is 2.44. The SMILES string of the molecule is NCc1[nH]cnc1-c1ccc(F)cc1. The third-order valence-electron chi connectivity index (χ3n) is 2.04. The molecule has 2 aromatic rings. The van der Waals surface area contributed by atoms with E-state index in [0.29, 0.717) is 6.54 Å². The van der Waals surface area contributed by atoms with E-state index in [0.717, 1.165) is 17.0 Å². The zero-order valence-electron chi connectivity index (χ0n) is 7.50. The van der Waals surface area contributed by atoms with Crippen LogP contribution < -0.4 is 5.73 Å². The molecular formula is C10H10FN3. The van der Waals surface area contributed by atoms with Crippen molar-refractivity contribution in [2.24, 2.45) is 5.73 Å². The lowest BCUT2D eigenvalue weighted by molar-refractivity contribution is 0.628. The lowest BCUT2D eigenvalue weighted by Crippen LogP contribution is -1.98. The highest BCUT2D eigenvalue weighted by atomic mass is 19.1. The van der Waals surface area contributed by atoms with Crippen molar-refractivity contribution in [1.82, 2.24) is 9.97 Å². The molecule has 1 aromatic heterocycles. The summed E-state index contributed by atoms with van der Waals surface area (Å²) in [6, 6.07) is 6.18. The molecule has 0 bridgehead atoms. The van der Waals surface area contributed by atoms with Crippen LogP contribution in [0.1, 0.15) is 5.69 Å². The summed E-state index contributed by atoms with van der Waals surface area (Å²) in [6.07, 6.45) is 1.58. The monoisotopic (exact) mass is 191 g/mol. The van der Waals surface area contributed by atoms with Crippen LogP contribution >= 0.6 is 0 Å². The fourth-order valence-electron chi connectivity index (χ4n) is 1.33. The number of nitrogens with two attached hydrogens (primary N) is 1. The molecule has 3 nitrogen and oxygen atoms in total. The summed E-state index contributed by atoms with van der Waals surface area (Å²) in [5, 5.41) is 0. The first-order chi connectivity index (χ1) is 6.81. The van der Waals surface area contributed by atoms with Crippen LogP contribution in [-0.4, -0.2) is 9.97 Å². The van der Waals surface area contributed by atoms with Gasteiger partial charge in [-0.2, -0.15) is 0 Å². The van der Waals surface area contributed by atoms with Crippen LogP contribution in [0.25, 0.3) is 11.3 Å². The third-order valence-corrected chi connectivity index (χ3v) is 2.04. The Morgan fingerprint density at radius 1 is 1.29 bits per heavy atom. The number of benzene rings is 1. The molecule has 0 aliphatic rings. The molecule has 0 fully saturated rings. The van der Waals surface area contributed by atoms with E-state index in [1.807, 2.05) is 0 Å². The molecule has 1 aromatic carbocycles. The summed E-state index contributed by atoms with van der Waals surface area (Å²) in [7, 11) is 0. The van der Waals surface area contributed by atoms with Crippen molar-refractivity contribution < 1.29 is 4.39 Å². The van der Waals surface area contributed by atoms with Crippen LogP contribution in [0.2, 0.25) is 0 Å². The molecule has 0 saturated carbocycles. The lowest BCUT2D eigenvalue weighted by atomic mass is 10.1. The Morgan fingerprint density at radius 3 is 2.64 bits per heavy atom. The predicted octanol–water partition coefficient (Wildman–Crippen LogP) is 1.67. The van der Waals surface area contributed by atoms with E-state index < -0.39 is 0 Å². The van der Waals surface area contributed by atoms with E-state index in [4.69, 9.17) is 5.73 Å². The molecule has 3 N–H and O–H groups in total. The number of halogens is 1. The van der Waals surface area contributed by atoms with Crippen LogP contribution in [0.3, 0.4) is 0 Å². The van der Waals surface area contributed by atoms with Crippen LogP contribution in [-0.2, 0) is 6.54 Å². The van der Waals surface area contributed by atoms with Crippen LogP contribution in [0.5, 0.6) is 0 Å². The molecule has 0 aliphatic heterocycles.